The van der Waals surface area contributed by atoms with Crippen LogP contribution in [-0.2, 0) is 43.4 Å². The molecule has 0 radical (unpaired) electrons. The van der Waals surface area contributed by atoms with Crippen LogP contribution in [0.2, 0.25) is 0 Å². The first-order valence-electron chi connectivity index (χ1n) is 14.7. The SMILES string of the molecule is C=CC[C@@](COC(C)c1cc(C(F)(F)F)cc(C(F)(F)F)c1)(c1ccccc1)N(CC(=C)C1OC(C)O1)C(=O)OCc1ccccc1. The van der Waals surface area contributed by atoms with E-state index >= 15 is 0 Å². The normalized spacial score (nSPS) is 18.4. The molecule has 0 spiro atoms. The van der Waals surface area contributed by atoms with Crippen molar-refractivity contribution in [1.29, 1.82) is 0 Å². The minimum absolute atomic E-state index is 0.0522. The van der Waals surface area contributed by atoms with Gasteiger partial charge in [-0.2, -0.15) is 26.3 Å². The highest BCUT2D eigenvalue weighted by Crippen LogP contribution is 2.40. The summed E-state index contributed by atoms with van der Waals surface area (Å²) in [6, 6.07) is 18.9. The van der Waals surface area contributed by atoms with Gasteiger partial charge in [-0.05, 0) is 60.7 Å². The standard InChI is InChI=1S/C35H35F6NO5/c1-5-16-33(28-14-10-7-11-15-28,22-45-24(3)27-17-29(34(36,37)38)19-30(18-27)35(39,40)41)42(20-23(2)31-46-25(4)47-31)32(43)44-21-26-12-8-6-9-13-26/h5-15,17-19,24-25,31H,1-2,16,20-22H2,3-4H3/t24?,25?,31?,33-/m1/s1. The van der Waals surface area contributed by atoms with Crippen molar-refractivity contribution in [3.63, 3.8) is 0 Å². The van der Waals surface area contributed by atoms with Gasteiger partial charge in [-0.15, -0.1) is 6.58 Å². The van der Waals surface area contributed by atoms with Gasteiger partial charge in [0.1, 0.15) is 6.61 Å². The first-order chi connectivity index (χ1) is 22.1. The Morgan fingerprint density at radius 2 is 1.47 bits per heavy atom. The molecule has 0 aromatic heterocycles. The van der Waals surface area contributed by atoms with Crippen LogP contribution in [0.15, 0.2) is 104 Å². The van der Waals surface area contributed by atoms with Gasteiger partial charge in [-0.1, -0.05) is 73.3 Å². The van der Waals surface area contributed by atoms with Gasteiger partial charge >= 0.3 is 18.4 Å². The highest BCUT2D eigenvalue weighted by molar-refractivity contribution is 5.70. The molecule has 47 heavy (non-hydrogen) atoms. The molecule has 1 amide bonds. The molecule has 1 saturated heterocycles. The Bertz CT molecular complexity index is 1490. The summed E-state index contributed by atoms with van der Waals surface area (Å²) >= 11 is 0. The van der Waals surface area contributed by atoms with Crippen molar-refractivity contribution in [3.05, 3.63) is 131 Å². The number of halogens is 6. The van der Waals surface area contributed by atoms with E-state index < -0.39 is 53.8 Å². The molecule has 12 heteroatoms. The second kappa shape index (κ2) is 14.7. The number of carbonyl (C=O) groups is 1. The van der Waals surface area contributed by atoms with Crippen molar-refractivity contribution in [2.24, 2.45) is 0 Å². The lowest BCUT2D eigenvalue weighted by atomic mass is 9.85. The van der Waals surface area contributed by atoms with E-state index in [-0.39, 0.29) is 37.8 Å². The van der Waals surface area contributed by atoms with Crippen LogP contribution in [0.4, 0.5) is 31.1 Å². The van der Waals surface area contributed by atoms with E-state index in [2.05, 4.69) is 13.2 Å². The Kier molecular flexibility index (Phi) is 11.2. The van der Waals surface area contributed by atoms with E-state index in [9.17, 15) is 31.1 Å². The minimum atomic E-state index is -5.03. The number of alkyl halides is 6. The van der Waals surface area contributed by atoms with Crippen molar-refractivity contribution in [3.8, 4) is 0 Å². The summed E-state index contributed by atoms with van der Waals surface area (Å²) in [5, 5.41) is 0. The third-order valence-electron chi connectivity index (χ3n) is 7.71. The van der Waals surface area contributed by atoms with Gasteiger partial charge < -0.3 is 18.9 Å². The fourth-order valence-corrected chi connectivity index (χ4v) is 5.18. The topological polar surface area (TPSA) is 57.2 Å². The van der Waals surface area contributed by atoms with Crippen LogP contribution in [0, 0.1) is 0 Å². The average Bonchev–Trinajstić information content (AvgIpc) is 3.02. The Morgan fingerprint density at radius 3 is 1.98 bits per heavy atom. The average molecular weight is 664 g/mol. The van der Waals surface area contributed by atoms with Gasteiger partial charge in [0.05, 0.1) is 35.9 Å². The number of nitrogens with zero attached hydrogens (tertiary/aromatic N) is 1. The lowest BCUT2D eigenvalue weighted by molar-refractivity contribution is -0.359. The molecule has 1 aliphatic rings. The van der Waals surface area contributed by atoms with Crippen LogP contribution >= 0.6 is 0 Å². The first-order valence-corrected chi connectivity index (χ1v) is 14.7. The fourth-order valence-electron chi connectivity index (χ4n) is 5.18. The Labute approximate surface area is 269 Å². The highest BCUT2D eigenvalue weighted by atomic mass is 19.4. The third-order valence-corrected chi connectivity index (χ3v) is 7.71. The van der Waals surface area contributed by atoms with Crippen LogP contribution in [0.25, 0.3) is 0 Å². The molecule has 0 N–H and O–H groups in total. The summed E-state index contributed by atoms with van der Waals surface area (Å²) in [7, 11) is 0. The van der Waals surface area contributed by atoms with Gasteiger partial charge in [0, 0.05) is 0 Å². The Balaban J connectivity index is 1.74. The Hall–Kier alpha value is -4.13. The maximum atomic E-state index is 14.0. The molecular weight excluding hydrogens is 628 g/mol. The van der Waals surface area contributed by atoms with E-state index in [1.54, 1.807) is 61.5 Å². The second-order valence-corrected chi connectivity index (χ2v) is 11.1. The lowest BCUT2D eigenvalue weighted by Crippen LogP contribution is -2.55. The fraction of sp³-hybridized carbons (Fsp3) is 0.343. The van der Waals surface area contributed by atoms with Gasteiger partial charge in [0.15, 0.2) is 12.6 Å². The third kappa shape index (κ3) is 8.82. The largest absolute Gasteiger partial charge is 0.445 e. The molecule has 1 aliphatic heterocycles. The first kappa shape index (κ1) is 35.7. The summed E-state index contributed by atoms with van der Waals surface area (Å²) in [6.07, 6.45) is -11.8. The molecule has 4 rings (SSSR count). The van der Waals surface area contributed by atoms with Crippen molar-refractivity contribution < 1.29 is 50.1 Å². The summed E-state index contributed by atoms with van der Waals surface area (Å²) in [6.45, 7) is 10.3. The number of hydrogen-bond donors (Lipinski definition) is 0. The summed E-state index contributed by atoms with van der Waals surface area (Å²) in [5.41, 5.74) is -3.07. The van der Waals surface area contributed by atoms with Crippen LogP contribution in [-0.4, -0.2) is 36.7 Å². The van der Waals surface area contributed by atoms with E-state index in [1.807, 2.05) is 6.07 Å². The summed E-state index contributed by atoms with van der Waals surface area (Å²) in [5.74, 6) is 0. The van der Waals surface area contributed by atoms with Crippen molar-refractivity contribution in [2.75, 3.05) is 13.2 Å². The van der Waals surface area contributed by atoms with E-state index in [0.717, 1.165) is 0 Å². The van der Waals surface area contributed by atoms with Gasteiger partial charge in [0.25, 0.3) is 0 Å². The van der Waals surface area contributed by atoms with Gasteiger partial charge in [-0.25, -0.2) is 4.79 Å². The summed E-state index contributed by atoms with van der Waals surface area (Å²) in [4.78, 5) is 15.4. The molecule has 3 aromatic carbocycles. The van der Waals surface area contributed by atoms with E-state index in [0.29, 0.717) is 28.8 Å². The molecule has 1 heterocycles. The van der Waals surface area contributed by atoms with Crippen molar-refractivity contribution in [2.45, 2.75) is 63.5 Å². The zero-order valence-corrected chi connectivity index (χ0v) is 25.8. The number of ether oxygens (including phenoxy) is 4. The van der Waals surface area contributed by atoms with E-state index in [4.69, 9.17) is 18.9 Å². The van der Waals surface area contributed by atoms with Crippen LogP contribution < -0.4 is 0 Å². The molecule has 3 aromatic rings. The molecule has 252 valence electrons. The van der Waals surface area contributed by atoms with Crippen molar-refractivity contribution in [1.82, 2.24) is 4.90 Å². The molecule has 1 fully saturated rings. The maximum Gasteiger partial charge on any atom is 0.416 e. The molecule has 2 atom stereocenters. The number of rotatable bonds is 13. The molecule has 0 aliphatic carbocycles. The predicted octanol–water partition coefficient (Wildman–Crippen LogP) is 9.19. The highest BCUT2D eigenvalue weighted by Gasteiger charge is 2.44. The quantitative estimate of drug-likeness (QED) is 0.135. The van der Waals surface area contributed by atoms with Gasteiger partial charge in [-0.3, -0.25) is 4.90 Å². The number of benzene rings is 3. The van der Waals surface area contributed by atoms with Crippen LogP contribution in [0.1, 0.15) is 54.2 Å². The maximum absolute atomic E-state index is 14.0. The number of hydrogen-bond acceptors (Lipinski definition) is 5. The molecule has 0 saturated carbocycles. The van der Waals surface area contributed by atoms with Crippen LogP contribution in [0.3, 0.4) is 0 Å². The predicted molar refractivity (Wildman–Crippen MR) is 162 cm³/mol. The monoisotopic (exact) mass is 663 g/mol. The molecule has 0 bridgehead atoms. The number of amides is 1. The molecular formula is C35H35F6NO5. The zero-order valence-electron chi connectivity index (χ0n) is 25.8. The van der Waals surface area contributed by atoms with Gasteiger partial charge in [0.2, 0.25) is 0 Å². The van der Waals surface area contributed by atoms with E-state index in [1.165, 1.54) is 17.9 Å². The Morgan fingerprint density at radius 1 is 0.915 bits per heavy atom. The van der Waals surface area contributed by atoms with Crippen molar-refractivity contribution >= 4 is 6.09 Å². The molecule has 6 nitrogen and oxygen atoms in total. The number of carbonyl (C=O) groups excluding carboxylic acids is 1. The lowest BCUT2D eigenvalue weighted by Gasteiger charge is -2.45. The minimum Gasteiger partial charge on any atom is -0.445 e. The smallest absolute Gasteiger partial charge is 0.416 e. The molecule has 1 unspecified atom stereocenters. The second-order valence-electron chi connectivity index (χ2n) is 11.1. The zero-order chi connectivity index (χ0) is 34.4. The summed E-state index contributed by atoms with van der Waals surface area (Å²) < 4.78 is 105. The van der Waals surface area contributed by atoms with Crippen LogP contribution in [0.5, 0.6) is 0 Å².